The van der Waals surface area contributed by atoms with Crippen LogP contribution >= 0.6 is 0 Å². The number of methoxy groups -OCH3 is 2. The summed E-state index contributed by atoms with van der Waals surface area (Å²) < 4.78 is 26.8. The van der Waals surface area contributed by atoms with Gasteiger partial charge in [-0.05, 0) is 6.92 Å². The minimum atomic E-state index is -1.02. The normalized spacial score (nSPS) is 48.8. The second kappa shape index (κ2) is 4.95. The summed E-state index contributed by atoms with van der Waals surface area (Å²) in [6.07, 6.45) is -2.81. The molecule has 1 N–H and O–H groups in total. The Morgan fingerprint density at radius 1 is 1.12 bits per heavy atom. The molecule has 0 bridgehead atoms. The Balaban J connectivity index is 2.13. The van der Waals surface area contributed by atoms with Crippen molar-refractivity contribution in [2.75, 3.05) is 20.8 Å². The van der Waals surface area contributed by atoms with Crippen LogP contribution in [0, 0.1) is 0 Å². The molecular formula is C10H18O6. The van der Waals surface area contributed by atoms with Gasteiger partial charge in [0.05, 0.1) is 6.61 Å². The van der Waals surface area contributed by atoms with E-state index in [4.69, 9.17) is 23.7 Å². The second-order valence-electron chi connectivity index (χ2n) is 3.97. The first-order chi connectivity index (χ1) is 7.67. The van der Waals surface area contributed by atoms with Crippen LogP contribution in [0.15, 0.2) is 0 Å². The minimum absolute atomic E-state index is 0.276. The molecule has 16 heavy (non-hydrogen) atoms. The summed E-state index contributed by atoms with van der Waals surface area (Å²) in [5, 5.41) is 9.74. The standard InChI is InChI=1S/C10H18O6/c1-5-14-4-6-7(15-5)8(12-2)9(13-3)10(11)16-6/h5-11H,4H2,1-3H3/t5?,6-,7-,8-,9+,10+/m1/s1. The molecule has 2 heterocycles. The maximum absolute atomic E-state index is 9.74. The molecule has 0 radical (unpaired) electrons. The molecule has 0 aromatic heterocycles. The molecule has 1 unspecified atom stereocenters. The van der Waals surface area contributed by atoms with Crippen molar-refractivity contribution in [1.82, 2.24) is 0 Å². The van der Waals surface area contributed by atoms with E-state index in [1.807, 2.05) is 6.92 Å². The van der Waals surface area contributed by atoms with Gasteiger partial charge in [0, 0.05) is 14.2 Å². The van der Waals surface area contributed by atoms with Gasteiger partial charge < -0.3 is 28.8 Å². The topological polar surface area (TPSA) is 66.4 Å². The molecule has 2 saturated heterocycles. The smallest absolute Gasteiger partial charge is 0.184 e. The van der Waals surface area contributed by atoms with E-state index in [0.717, 1.165) is 0 Å². The average molecular weight is 234 g/mol. The Morgan fingerprint density at radius 2 is 1.81 bits per heavy atom. The number of ether oxygens (including phenoxy) is 5. The van der Waals surface area contributed by atoms with Crippen LogP contribution in [0.1, 0.15) is 6.92 Å². The zero-order valence-corrected chi connectivity index (χ0v) is 9.66. The summed E-state index contributed by atoms with van der Waals surface area (Å²) >= 11 is 0. The van der Waals surface area contributed by atoms with E-state index in [1.165, 1.54) is 7.11 Å². The first-order valence-electron chi connectivity index (χ1n) is 5.33. The summed E-state index contributed by atoms with van der Waals surface area (Å²) in [6, 6.07) is 0. The quantitative estimate of drug-likeness (QED) is 0.694. The molecule has 94 valence electrons. The zero-order valence-electron chi connectivity index (χ0n) is 9.66. The van der Waals surface area contributed by atoms with Crippen molar-refractivity contribution in [3.63, 3.8) is 0 Å². The minimum Gasteiger partial charge on any atom is -0.376 e. The largest absolute Gasteiger partial charge is 0.376 e. The Bertz CT molecular complexity index is 235. The Kier molecular flexibility index (Phi) is 3.78. The third-order valence-electron chi connectivity index (χ3n) is 3.00. The van der Waals surface area contributed by atoms with Gasteiger partial charge in [-0.1, -0.05) is 0 Å². The van der Waals surface area contributed by atoms with E-state index in [0.29, 0.717) is 6.61 Å². The summed E-state index contributed by atoms with van der Waals surface area (Å²) in [6.45, 7) is 2.20. The molecule has 0 aromatic rings. The van der Waals surface area contributed by atoms with E-state index in [-0.39, 0.29) is 24.6 Å². The highest BCUT2D eigenvalue weighted by molar-refractivity contribution is 4.93. The molecule has 6 atom stereocenters. The molecule has 0 aliphatic carbocycles. The maximum Gasteiger partial charge on any atom is 0.184 e. The average Bonchev–Trinajstić information content (AvgIpc) is 2.28. The van der Waals surface area contributed by atoms with Crippen LogP contribution in [0.4, 0.5) is 0 Å². The van der Waals surface area contributed by atoms with Crippen LogP contribution in [-0.2, 0) is 23.7 Å². The van der Waals surface area contributed by atoms with Crippen molar-refractivity contribution in [3.05, 3.63) is 0 Å². The van der Waals surface area contributed by atoms with E-state index >= 15 is 0 Å². The molecule has 0 saturated carbocycles. The molecule has 0 amide bonds. The lowest BCUT2D eigenvalue weighted by molar-refractivity contribution is -0.354. The van der Waals surface area contributed by atoms with Crippen LogP contribution in [0.5, 0.6) is 0 Å². The number of aliphatic hydroxyl groups is 1. The zero-order chi connectivity index (χ0) is 11.7. The van der Waals surface area contributed by atoms with Gasteiger partial charge in [0.15, 0.2) is 12.6 Å². The lowest BCUT2D eigenvalue weighted by atomic mass is 9.98. The van der Waals surface area contributed by atoms with Gasteiger partial charge in [0.1, 0.15) is 24.4 Å². The van der Waals surface area contributed by atoms with Gasteiger partial charge in [-0.25, -0.2) is 0 Å². The Morgan fingerprint density at radius 3 is 2.44 bits per heavy atom. The number of hydrogen-bond acceptors (Lipinski definition) is 6. The molecule has 2 rings (SSSR count). The predicted molar refractivity (Wildman–Crippen MR) is 52.8 cm³/mol. The number of hydrogen-bond donors (Lipinski definition) is 1. The van der Waals surface area contributed by atoms with Crippen molar-refractivity contribution >= 4 is 0 Å². The van der Waals surface area contributed by atoms with Crippen LogP contribution in [0.25, 0.3) is 0 Å². The Hall–Kier alpha value is -0.240. The van der Waals surface area contributed by atoms with E-state index in [2.05, 4.69) is 0 Å². The SMILES string of the molecule is CO[C@H]1[C@H](OC)[C@@H](O)O[C@@H]2COC(C)O[C@@H]12. The first kappa shape index (κ1) is 12.2. The predicted octanol–water partition coefficient (Wildman–Crippen LogP) is -0.505. The van der Waals surface area contributed by atoms with Crippen molar-refractivity contribution in [1.29, 1.82) is 0 Å². The van der Waals surface area contributed by atoms with Crippen molar-refractivity contribution in [2.45, 2.75) is 43.9 Å². The highest BCUT2D eigenvalue weighted by Crippen LogP contribution is 2.30. The third-order valence-corrected chi connectivity index (χ3v) is 3.00. The Labute approximate surface area is 94.4 Å². The lowest BCUT2D eigenvalue weighted by Gasteiger charge is -2.46. The van der Waals surface area contributed by atoms with Gasteiger partial charge in [-0.3, -0.25) is 0 Å². The molecule has 6 nitrogen and oxygen atoms in total. The van der Waals surface area contributed by atoms with Crippen molar-refractivity contribution in [2.24, 2.45) is 0 Å². The maximum atomic E-state index is 9.74. The fraction of sp³-hybridized carbons (Fsp3) is 1.00. The number of aliphatic hydroxyl groups excluding tert-OH is 1. The number of fused-ring (bicyclic) bond motifs is 1. The van der Waals surface area contributed by atoms with Crippen LogP contribution in [-0.4, -0.2) is 62.9 Å². The second-order valence-corrected chi connectivity index (χ2v) is 3.97. The summed E-state index contributed by atoms with van der Waals surface area (Å²) in [7, 11) is 3.07. The molecular weight excluding hydrogens is 216 g/mol. The molecule has 2 aliphatic heterocycles. The number of rotatable bonds is 2. The highest BCUT2D eigenvalue weighted by atomic mass is 16.7. The van der Waals surface area contributed by atoms with Crippen LogP contribution in [0.3, 0.4) is 0 Å². The van der Waals surface area contributed by atoms with Gasteiger partial charge in [0.2, 0.25) is 0 Å². The molecule has 2 aliphatic rings. The van der Waals surface area contributed by atoms with Gasteiger partial charge in [-0.15, -0.1) is 0 Å². The molecule has 0 aromatic carbocycles. The monoisotopic (exact) mass is 234 g/mol. The fourth-order valence-electron chi connectivity index (χ4n) is 2.20. The van der Waals surface area contributed by atoms with Crippen LogP contribution < -0.4 is 0 Å². The molecule has 2 fully saturated rings. The lowest BCUT2D eigenvalue weighted by Crippen LogP contribution is -2.63. The summed E-state index contributed by atoms with van der Waals surface area (Å²) in [5.74, 6) is 0. The summed E-state index contributed by atoms with van der Waals surface area (Å²) in [4.78, 5) is 0. The van der Waals surface area contributed by atoms with Gasteiger partial charge in [-0.2, -0.15) is 0 Å². The highest BCUT2D eigenvalue weighted by Gasteiger charge is 2.49. The van der Waals surface area contributed by atoms with Crippen LogP contribution in [0.2, 0.25) is 0 Å². The van der Waals surface area contributed by atoms with E-state index < -0.39 is 12.4 Å². The summed E-state index contributed by atoms with van der Waals surface area (Å²) in [5.41, 5.74) is 0. The van der Waals surface area contributed by atoms with E-state index in [9.17, 15) is 5.11 Å². The van der Waals surface area contributed by atoms with Gasteiger partial charge in [0.25, 0.3) is 0 Å². The molecule has 0 spiro atoms. The van der Waals surface area contributed by atoms with E-state index in [1.54, 1.807) is 7.11 Å². The molecule has 6 heteroatoms. The van der Waals surface area contributed by atoms with Crippen molar-refractivity contribution < 1.29 is 28.8 Å². The first-order valence-corrected chi connectivity index (χ1v) is 5.33. The fourth-order valence-corrected chi connectivity index (χ4v) is 2.20. The third kappa shape index (κ3) is 2.09. The van der Waals surface area contributed by atoms with Crippen molar-refractivity contribution in [3.8, 4) is 0 Å². The van der Waals surface area contributed by atoms with Gasteiger partial charge >= 0.3 is 0 Å².